The Labute approximate surface area is 159 Å². The Morgan fingerprint density at radius 3 is 2.12 bits per heavy atom. The van der Waals surface area contributed by atoms with Gasteiger partial charge in [-0.25, -0.2) is 4.31 Å². The van der Waals surface area contributed by atoms with Gasteiger partial charge in [0.1, 0.15) is 0 Å². The Morgan fingerprint density at radius 2 is 1.52 bits per heavy atom. The van der Waals surface area contributed by atoms with Crippen molar-refractivity contribution in [3.63, 3.8) is 0 Å². The predicted octanol–water partition coefficient (Wildman–Crippen LogP) is 5.45. The summed E-state index contributed by atoms with van der Waals surface area (Å²) in [6.45, 7) is 15.6. The highest BCUT2D eigenvalue weighted by molar-refractivity contribution is 7.97. The number of benzene rings is 1. The van der Waals surface area contributed by atoms with Crippen molar-refractivity contribution in [3.05, 3.63) is 28.8 Å². The molecule has 0 saturated carbocycles. The van der Waals surface area contributed by atoms with Gasteiger partial charge < -0.3 is 4.90 Å². The molecule has 0 radical (unpaired) electrons. The van der Waals surface area contributed by atoms with E-state index in [9.17, 15) is 0 Å². The number of rotatable bonds is 5. The minimum absolute atomic E-state index is 0.941. The fourth-order valence-electron chi connectivity index (χ4n) is 4.38. The lowest BCUT2D eigenvalue weighted by atomic mass is 9.93. The van der Waals surface area contributed by atoms with Crippen molar-refractivity contribution in [1.82, 2.24) is 9.21 Å². The van der Waals surface area contributed by atoms with E-state index in [0.717, 1.165) is 11.8 Å². The van der Waals surface area contributed by atoms with Gasteiger partial charge in [0.15, 0.2) is 0 Å². The summed E-state index contributed by atoms with van der Waals surface area (Å²) in [5.74, 6) is 1.89. The van der Waals surface area contributed by atoms with Crippen LogP contribution in [0.25, 0.3) is 0 Å². The standard InChI is InChI=1S/C22H36N2S/c1-17-5-10-23(11-6-17)12-7-21-8-13-24(14-9-21)25-22-19(3)15-18(2)16-20(22)4/h15-17,21H,5-14H2,1-4H3. The first-order valence-electron chi connectivity index (χ1n) is 10.2. The van der Waals surface area contributed by atoms with Crippen LogP contribution >= 0.6 is 11.9 Å². The number of aryl methyl sites for hydroxylation is 3. The molecule has 0 bridgehead atoms. The van der Waals surface area contributed by atoms with E-state index in [4.69, 9.17) is 0 Å². The molecule has 0 atom stereocenters. The molecule has 0 unspecified atom stereocenters. The lowest BCUT2D eigenvalue weighted by molar-refractivity contribution is 0.169. The van der Waals surface area contributed by atoms with Crippen LogP contribution in [0.1, 0.15) is 55.7 Å². The molecule has 2 aliphatic heterocycles. The van der Waals surface area contributed by atoms with E-state index in [0.29, 0.717) is 0 Å². The maximum Gasteiger partial charge on any atom is 0.0288 e. The number of hydrogen-bond donors (Lipinski definition) is 0. The maximum atomic E-state index is 2.71. The molecule has 0 N–H and O–H groups in total. The van der Waals surface area contributed by atoms with Gasteiger partial charge in [-0.1, -0.05) is 24.6 Å². The summed E-state index contributed by atoms with van der Waals surface area (Å²) in [6.07, 6.45) is 6.98. The highest BCUT2D eigenvalue weighted by Crippen LogP contribution is 2.34. The van der Waals surface area contributed by atoms with Crippen molar-refractivity contribution in [2.75, 3.05) is 32.7 Å². The number of hydrogen-bond acceptors (Lipinski definition) is 3. The van der Waals surface area contributed by atoms with Crippen molar-refractivity contribution in [2.24, 2.45) is 11.8 Å². The summed E-state index contributed by atoms with van der Waals surface area (Å²) in [7, 11) is 0. The van der Waals surface area contributed by atoms with Gasteiger partial charge >= 0.3 is 0 Å². The Bertz CT molecular complexity index is 532. The SMILES string of the molecule is Cc1cc(C)c(SN2CCC(CCN3CCC(C)CC3)CC2)c(C)c1. The number of nitrogens with zero attached hydrogens (tertiary/aromatic N) is 2. The molecule has 2 aliphatic rings. The van der Waals surface area contributed by atoms with Crippen LogP contribution in [-0.2, 0) is 0 Å². The molecule has 3 heteroatoms. The largest absolute Gasteiger partial charge is 0.303 e. The van der Waals surface area contributed by atoms with Crippen molar-refractivity contribution in [3.8, 4) is 0 Å². The molecule has 25 heavy (non-hydrogen) atoms. The van der Waals surface area contributed by atoms with E-state index in [1.807, 2.05) is 11.9 Å². The lowest BCUT2D eigenvalue weighted by Crippen LogP contribution is -2.36. The van der Waals surface area contributed by atoms with Crippen LogP contribution in [-0.4, -0.2) is 41.9 Å². The molecule has 0 amide bonds. The Hall–Kier alpha value is -0.510. The third kappa shape index (κ3) is 5.48. The molecular weight excluding hydrogens is 324 g/mol. The molecule has 2 fully saturated rings. The Morgan fingerprint density at radius 1 is 0.920 bits per heavy atom. The minimum atomic E-state index is 0.941. The van der Waals surface area contributed by atoms with Crippen LogP contribution in [0.5, 0.6) is 0 Å². The molecular formula is C22H36N2S. The Balaban J connectivity index is 1.42. The molecule has 0 spiro atoms. The van der Waals surface area contributed by atoms with Gasteiger partial charge in [-0.2, -0.15) is 0 Å². The summed E-state index contributed by atoms with van der Waals surface area (Å²) >= 11 is 2.00. The zero-order chi connectivity index (χ0) is 17.8. The predicted molar refractivity (Wildman–Crippen MR) is 110 cm³/mol. The van der Waals surface area contributed by atoms with Crippen molar-refractivity contribution in [2.45, 2.75) is 64.7 Å². The first kappa shape index (κ1) is 19.3. The topological polar surface area (TPSA) is 6.48 Å². The van der Waals surface area contributed by atoms with Crippen LogP contribution < -0.4 is 0 Å². The summed E-state index contributed by atoms with van der Waals surface area (Å²) in [5.41, 5.74) is 4.25. The molecule has 2 saturated heterocycles. The van der Waals surface area contributed by atoms with E-state index < -0.39 is 0 Å². The smallest absolute Gasteiger partial charge is 0.0288 e. The van der Waals surface area contributed by atoms with Gasteiger partial charge in [-0.05, 0) is 107 Å². The van der Waals surface area contributed by atoms with E-state index in [1.54, 1.807) is 0 Å². The molecule has 0 aliphatic carbocycles. The fourth-order valence-corrected chi connectivity index (χ4v) is 5.44. The quantitative estimate of drug-likeness (QED) is 0.644. The van der Waals surface area contributed by atoms with E-state index in [1.165, 1.54) is 86.4 Å². The van der Waals surface area contributed by atoms with Gasteiger partial charge in [0, 0.05) is 18.0 Å². The number of likely N-dealkylation sites (tertiary alicyclic amines) is 1. The highest BCUT2D eigenvalue weighted by atomic mass is 32.2. The second kappa shape index (κ2) is 8.92. The van der Waals surface area contributed by atoms with Gasteiger partial charge in [0.2, 0.25) is 0 Å². The normalized spacial score (nSPS) is 21.8. The summed E-state index contributed by atoms with van der Waals surface area (Å²) in [5, 5.41) is 0. The van der Waals surface area contributed by atoms with Gasteiger partial charge in [-0.15, -0.1) is 0 Å². The lowest BCUT2D eigenvalue weighted by Gasteiger charge is -2.34. The van der Waals surface area contributed by atoms with Crippen LogP contribution in [0.4, 0.5) is 0 Å². The highest BCUT2D eigenvalue weighted by Gasteiger charge is 2.22. The van der Waals surface area contributed by atoms with E-state index in [-0.39, 0.29) is 0 Å². The van der Waals surface area contributed by atoms with Crippen molar-refractivity contribution in [1.29, 1.82) is 0 Å². The summed E-state index contributed by atoms with van der Waals surface area (Å²) in [6, 6.07) is 4.64. The van der Waals surface area contributed by atoms with Crippen LogP contribution in [0.3, 0.4) is 0 Å². The second-order valence-electron chi connectivity index (χ2n) is 8.50. The van der Waals surface area contributed by atoms with Gasteiger partial charge in [0.05, 0.1) is 0 Å². The number of piperidine rings is 2. The average Bonchev–Trinajstić information content (AvgIpc) is 2.59. The Kier molecular flexibility index (Phi) is 6.87. The fraction of sp³-hybridized carbons (Fsp3) is 0.727. The third-order valence-electron chi connectivity index (χ3n) is 6.13. The van der Waals surface area contributed by atoms with Crippen LogP contribution in [0.2, 0.25) is 0 Å². The molecule has 2 heterocycles. The molecule has 3 rings (SSSR count). The van der Waals surface area contributed by atoms with Gasteiger partial charge in [-0.3, -0.25) is 0 Å². The zero-order valence-corrected chi connectivity index (χ0v) is 17.5. The molecule has 1 aromatic rings. The first-order chi connectivity index (χ1) is 12.0. The molecule has 140 valence electrons. The second-order valence-corrected chi connectivity index (χ2v) is 9.61. The third-order valence-corrected chi connectivity index (χ3v) is 7.58. The van der Waals surface area contributed by atoms with Crippen LogP contribution in [0, 0.1) is 32.6 Å². The summed E-state index contributed by atoms with van der Waals surface area (Å²) < 4.78 is 2.60. The van der Waals surface area contributed by atoms with E-state index in [2.05, 4.69) is 49.0 Å². The average molecular weight is 361 g/mol. The monoisotopic (exact) mass is 360 g/mol. The van der Waals surface area contributed by atoms with Crippen LogP contribution in [0.15, 0.2) is 17.0 Å². The van der Waals surface area contributed by atoms with Crippen molar-refractivity contribution < 1.29 is 0 Å². The molecule has 0 aromatic heterocycles. The minimum Gasteiger partial charge on any atom is -0.303 e. The summed E-state index contributed by atoms with van der Waals surface area (Å²) in [4.78, 5) is 4.19. The maximum absolute atomic E-state index is 2.71. The molecule has 1 aromatic carbocycles. The zero-order valence-electron chi connectivity index (χ0n) is 16.7. The molecule has 2 nitrogen and oxygen atoms in total. The van der Waals surface area contributed by atoms with E-state index >= 15 is 0 Å². The first-order valence-corrected chi connectivity index (χ1v) is 11.0. The van der Waals surface area contributed by atoms with Crippen molar-refractivity contribution >= 4 is 11.9 Å². The van der Waals surface area contributed by atoms with Gasteiger partial charge in [0.25, 0.3) is 0 Å².